The van der Waals surface area contributed by atoms with Gasteiger partial charge in [0, 0.05) is 41.9 Å². The summed E-state index contributed by atoms with van der Waals surface area (Å²) >= 11 is 5.71. The Kier molecular flexibility index (Phi) is 7.81. The first-order valence-electron chi connectivity index (χ1n) is 12.9. The topological polar surface area (TPSA) is 62.2 Å². The standard InChI is InChI=1S/C30H27F4N5OS/c1-18-16-24(19(2)39(18)23-7-5-6-20(17-23)30(32,33)34)28-27(25-8-3-4-14-35-25)37-29(41)38(28)15-13-26(40)36-22-11-9-21(31)10-12-22/h3-12,14,16-17,27-28H,13,15H2,1-2H3,(H,36,40)(H,37,41)/t27-,28-/m1/s1. The first-order chi connectivity index (χ1) is 19.5. The van der Waals surface area contributed by atoms with Gasteiger partial charge in [0.15, 0.2) is 5.11 Å². The maximum absolute atomic E-state index is 13.5. The average molecular weight is 582 g/mol. The second kappa shape index (κ2) is 11.3. The van der Waals surface area contributed by atoms with Gasteiger partial charge in [-0.15, -0.1) is 0 Å². The largest absolute Gasteiger partial charge is 0.416 e. The highest BCUT2D eigenvalue weighted by Crippen LogP contribution is 2.42. The number of hydrogen-bond acceptors (Lipinski definition) is 3. The number of anilines is 1. The summed E-state index contributed by atoms with van der Waals surface area (Å²) in [7, 11) is 0. The fraction of sp³-hybridized carbons (Fsp3) is 0.233. The Balaban J connectivity index is 1.48. The van der Waals surface area contributed by atoms with Crippen LogP contribution in [0, 0.1) is 19.7 Å². The number of carbonyl (C=O) groups is 1. The first kappa shape index (κ1) is 28.3. The van der Waals surface area contributed by atoms with Crippen LogP contribution in [0.3, 0.4) is 0 Å². The molecule has 1 fully saturated rings. The summed E-state index contributed by atoms with van der Waals surface area (Å²) in [5, 5.41) is 6.54. The van der Waals surface area contributed by atoms with Crippen molar-refractivity contribution in [3.05, 3.63) is 113 Å². The zero-order valence-electron chi connectivity index (χ0n) is 22.2. The quantitative estimate of drug-likeness (QED) is 0.189. The minimum atomic E-state index is -4.47. The minimum absolute atomic E-state index is 0.0942. The van der Waals surface area contributed by atoms with Gasteiger partial charge in [0.25, 0.3) is 0 Å². The molecule has 4 aromatic rings. The molecule has 2 N–H and O–H groups in total. The average Bonchev–Trinajstić information content (AvgIpc) is 3.43. The van der Waals surface area contributed by atoms with Crippen molar-refractivity contribution in [3.63, 3.8) is 0 Å². The van der Waals surface area contributed by atoms with E-state index < -0.39 is 17.6 Å². The number of halogens is 4. The number of aromatic nitrogens is 2. The lowest BCUT2D eigenvalue weighted by atomic mass is 9.96. The van der Waals surface area contributed by atoms with Crippen LogP contribution in [0.4, 0.5) is 23.2 Å². The Hall–Kier alpha value is -4.25. The van der Waals surface area contributed by atoms with Crippen LogP contribution in [0.15, 0.2) is 79.0 Å². The molecule has 0 saturated carbocycles. The number of carbonyl (C=O) groups excluding carboxylic acids is 1. The third-order valence-electron chi connectivity index (χ3n) is 7.13. The summed E-state index contributed by atoms with van der Waals surface area (Å²) in [6, 6.07) is 17.5. The highest BCUT2D eigenvalue weighted by molar-refractivity contribution is 7.80. The molecule has 5 rings (SSSR count). The molecule has 0 bridgehead atoms. The van der Waals surface area contributed by atoms with Crippen molar-refractivity contribution in [2.24, 2.45) is 0 Å². The molecule has 2 atom stereocenters. The van der Waals surface area contributed by atoms with E-state index in [-0.39, 0.29) is 31.0 Å². The first-order valence-corrected chi connectivity index (χ1v) is 13.3. The van der Waals surface area contributed by atoms with Gasteiger partial charge in [-0.3, -0.25) is 9.78 Å². The zero-order valence-corrected chi connectivity index (χ0v) is 23.1. The molecule has 212 valence electrons. The van der Waals surface area contributed by atoms with E-state index in [1.54, 1.807) is 16.8 Å². The molecule has 6 nitrogen and oxygen atoms in total. The lowest BCUT2D eigenvalue weighted by Gasteiger charge is -2.28. The van der Waals surface area contributed by atoms with Gasteiger partial charge < -0.3 is 20.1 Å². The molecule has 1 aliphatic heterocycles. The van der Waals surface area contributed by atoms with Crippen molar-refractivity contribution in [1.82, 2.24) is 19.8 Å². The van der Waals surface area contributed by atoms with Crippen LogP contribution in [0.5, 0.6) is 0 Å². The van der Waals surface area contributed by atoms with Crippen molar-refractivity contribution >= 4 is 28.9 Å². The lowest BCUT2D eigenvalue weighted by Crippen LogP contribution is -2.32. The van der Waals surface area contributed by atoms with Crippen LogP contribution < -0.4 is 10.6 Å². The summed E-state index contributed by atoms with van der Waals surface area (Å²) in [6.07, 6.45) is -2.69. The SMILES string of the molecule is Cc1cc([C@@H]2[C@@H](c3ccccn3)NC(=S)N2CCC(=O)Nc2ccc(F)cc2)c(C)n1-c1cccc(C(F)(F)F)c1. The van der Waals surface area contributed by atoms with Gasteiger partial charge in [-0.1, -0.05) is 12.1 Å². The monoisotopic (exact) mass is 581 g/mol. The van der Waals surface area contributed by atoms with Crippen LogP contribution in [0.25, 0.3) is 5.69 Å². The van der Waals surface area contributed by atoms with Crippen molar-refractivity contribution in [2.75, 3.05) is 11.9 Å². The third-order valence-corrected chi connectivity index (χ3v) is 7.48. The molecular formula is C30H27F4N5OS. The fourth-order valence-electron chi connectivity index (χ4n) is 5.27. The number of aryl methyl sites for hydroxylation is 1. The Morgan fingerprint density at radius 3 is 2.49 bits per heavy atom. The second-order valence-corrected chi connectivity index (χ2v) is 10.2. The smallest absolute Gasteiger partial charge is 0.352 e. The van der Waals surface area contributed by atoms with E-state index in [1.807, 2.05) is 43.0 Å². The molecule has 0 spiro atoms. The van der Waals surface area contributed by atoms with Gasteiger partial charge in [-0.2, -0.15) is 13.2 Å². The molecule has 1 amide bonds. The van der Waals surface area contributed by atoms with Crippen LogP contribution >= 0.6 is 12.2 Å². The summed E-state index contributed by atoms with van der Waals surface area (Å²) in [5.74, 6) is -0.670. The highest BCUT2D eigenvalue weighted by atomic mass is 32.1. The number of thiocarbonyl (C=S) groups is 1. The zero-order chi connectivity index (χ0) is 29.3. The van der Waals surface area contributed by atoms with Crippen LogP contribution in [0.1, 0.15) is 46.7 Å². The molecule has 41 heavy (non-hydrogen) atoms. The Morgan fingerprint density at radius 1 is 1.05 bits per heavy atom. The van der Waals surface area contributed by atoms with Gasteiger partial charge in [-0.05, 0) is 92.3 Å². The third kappa shape index (κ3) is 5.95. The fourth-order valence-corrected chi connectivity index (χ4v) is 5.60. The Labute approximate surface area is 240 Å². The number of hydrogen-bond donors (Lipinski definition) is 2. The number of amides is 1. The molecule has 0 aliphatic carbocycles. The molecular weight excluding hydrogens is 554 g/mol. The molecule has 2 aromatic heterocycles. The molecule has 0 radical (unpaired) electrons. The predicted molar refractivity (Wildman–Crippen MR) is 152 cm³/mol. The number of nitrogens with one attached hydrogen (secondary N) is 2. The van der Waals surface area contributed by atoms with Crippen LogP contribution in [-0.4, -0.2) is 32.0 Å². The summed E-state index contributed by atoms with van der Waals surface area (Å²) in [6.45, 7) is 3.96. The van der Waals surface area contributed by atoms with Crippen molar-refractivity contribution in [3.8, 4) is 5.69 Å². The molecule has 1 saturated heterocycles. The van der Waals surface area contributed by atoms with E-state index in [0.717, 1.165) is 34.8 Å². The van der Waals surface area contributed by atoms with Crippen LogP contribution in [-0.2, 0) is 11.0 Å². The van der Waals surface area contributed by atoms with Gasteiger partial charge >= 0.3 is 6.18 Å². The molecule has 0 unspecified atom stereocenters. The van der Waals surface area contributed by atoms with Crippen molar-refractivity contribution in [2.45, 2.75) is 38.5 Å². The lowest BCUT2D eigenvalue weighted by molar-refractivity contribution is -0.137. The minimum Gasteiger partial charge on any atom is -0.352 e. The number of pyridine rings is 1. The highest BCUT2D eigenvalue weighted by Gasteiger charge is 2.41. The summed E-state index contributed by atoms with van der Waals surface area (Å²) in [4.78, 5) is 19.2. The van der Waals surface area contributed by atoms with Crippen LogP contribution in [0.2, 0.25) is 0 Å². The van der Waals surface area contributed by atoms with Gasteiger partial charge in [-0.25, -0.2) is 4.39 Å². The molecule has 3 heterocycles. The van der Waals surface area contributed by atoms with Crippen molar-refractivity contribution < 1.29 is 22.4 Å². The summed E-state index contributed by atoms with van der Waals surface area (Å²) in [5.41, 5.74) is 3.24. The van der Waals surface area contributed by atoms with E-state index >= 15 is 0 Å². The predicted octanol–water partition coefficient (Wildman–Crippen LogP) is 6.65. The number of nitrogens with zero attached hydrogens (tertiary/aromatic N) is 3. The molecule has 1 aliphatic rings. The molecule has 2 aromatic carbocycles. The van der Waals surface area contributed by atoms with E-state index in [2.05, 4.69) is 15.6 Å². The normalized spacial score (nSPS) is 17.0. The Bertz CT molecular complexity index is 1570. The maximum Gasteiger partial charge on any atom is 0.416 e. The van der Waals surface area contributed by atoms with Gasteiger partial charge in [0.1, 0.15) is 5.82 Å². The maximum atomic E-state index is 13.5. The van der Waals surface area contributed by atoms with E-state index in [4.69, 9.17) is 12.2 Å². The van der Waals surface area contributed by atoms with E-state index in [9.17, 15) is 22.4 Å². The number of alkyl halides is 3. The summed E-state index contributed by atoms with van der Waals surface area (Å²) < 4.78 is 55.5. The molecule has 11 heteroatoms. The van der Waals surface area contributed by atoms with Gasteiger partial charge in [0.05, 0.1) is 23.3 Å². The number of benzene rings is 2. The van der Waals surface area contributed by atoms with E-state index in [0.29, 0.717) is 16.5 Å². The van der Waals surface area contributed by atoms with E-state index in [1.165, 1.54) is 30.3 Å². The van der Waals surface area contributed by atoms with Crippen molar-refractivity contribution in [1.29, 1.82) is 0 Å². The second-order valence-electron chi connectivity index (χ2n) is 9.84. The Morgan fingerprint density at radius 2 is 1.80 bits per heavy atom. The van der Waals surface area contributed by atoms with Gasteiger partial charge in [0.2, 0.25) is 5.91 Å². The number of rotatable bonds is 7.